The number of ether oxygens (including phenoxy) is 3. The largest absolute Gasteiger partial charge is 0.493 e. The van der Waals surface area contributed by atoms with Gasteiger partial charge in [0, 0.05) is 0 Å². The summed E-state index contributed by atoms with van der Waals surface area (Å²) in [4.78, 5) is 24.4. The normalized spacial score (nSPS) is 11.6. The zero-order valence-electron chi connectivity index (χ0n) is 15.5. The van der Waals surface area contributed by atoms with E-state index in [4.69, 9.17) is 18.6 Å². The maximum atomic E-state index is 12.6. The quantitative estimate of drug-likeness (QED) is 0.763. The van der Waals surface area contributed by atoms with Crippen LogP contribution in [0.15, 0.2) is 28.7 Å². The fourth-order valence-corrected chi connectivity index (χ4v) is 2.66. The molecule has 1 aromatic heterocycles. The van der Waals surface area contributed by atoms with E-state index in [0.717, 1.165) is 0 Å². The van der Waals surface area contributed by atoms with E-state index in [1.807, 2.05) is 0 Å². The molecule has 1 aromatic carbocycles. The number of esters is 1. The third kappa shape index (κ3) is 4.36. The van der Waals surface area contributed by atoms with Gasteiger partial charge in [0.2, 0.25) is 0 Å². The minimum Gasteiger partial charge on any atom is -0.493 e. The predicted molar refractivity (Wildman–Crippen MR) is 94.6 cm³/mol. The molecule has 0 fully saturated rings. The highest BCUT2D eigenvalue weighted by atomic mass is 16.5. The highest BCUT2D eigenvalue weighted by molar-refractivity contribution is 5.95. The van der Waals surface area contributed by atoms with Crippen molar-refractivity contribution in [3.63, 3.8) is 0 Å². The van der Waals surface area contributed by atoms with Crippen molar-refractivity contribution < 1.29 is 28.2 Å². The standard InChI is InChI=1S/C19H23NO6/c1-11-8-14(12(2)26-11)19(22)20-15(10-18(21)25-5)13-6-7-16(23-3)17(9-13)24-4/h6-9,15H,10H2,1-5H3,(H,20,22). The van der Waals surface area contributed by atoms with Gasteiger partial charge in [-0.05, 0) is 37.6 Å². The topological polar surface area (TPSA) is 87.0 Å². The highest BCUT2D eigenvalue weighted by Gasteiger charge is 2.23. The summed E-state index contributed by atoms with van der Waals surface area (Å²) in [6.07, 6.45) is -0.0202. The summed E-state index contributed by atoms with van der Waals surface area (Å²) >= 11 is 0. The van der Waals surface area contributed by atoms with Gasteiger partial charge in [-0.25, -0.2) is 0 Å². The van der Waals surface area contributed by atoms with E-state index in [-0.39, 0.29) is 12.3 Å². The van der Waals surface area contributed by atoms with Crippen molar-refractivity contribution in [2.45, 2.75) is 26.3 Å². The Morgan fingerprint density at radius 1 is 1.08 bits per heavy atom. The van der Waals surface area contributed by atoms with E-state index in [1.165, 1.54) is 21.3 Å². The number of rotatable bonds is 7. The van der Waals surface area contributed by atoms with Crippen molar-refractivity contribution in [2.24, 2.45) is 0 Å². The Morgan fingerprint density at radius 3 is 2.31 bits per heavy atom. The molecular formula is C19H23NO6. The van der Waals surface area contributed by atoms with Crippen molar-refractivity contribution in [3.8, 4) is 11.5 Å². The summed E-state index contributed by atoms with van der Waals surface area (Å²) in [5.41, 5.74) is 1.12. The molecule has 0 aliphatic carbocycles. The fraction of sp³-hybridized carbons (Fsp3) is 0.368. The molecule has 26 heavy (non-hydrogen) atoms. The molecule has 7 nitrogen and oxygen atoms in total. The summed E-state index contributed by atoms with van der Waals surface area (Å²) in [6, 6.07) is 6.28. The number of aryl methyl sites for hydroxylation is 2. The van der Waals surface area contributed by atoms with Crippen LogP contribution in [0, 0.1) is 13.8 Å². The van der Waals surface area contributed by atoms with Gasteiger partial charge in [-0.1, -0.05) is 6.07 Å². The molecule has 140 valence electrons. The van der Waals surface area contributed by atoms with Gasteiger partial charge in [0.1, 0.15) is 11.5 Å². The number of furan rings is 1. The summed E-state index contributed by atoms with van der Waals surface area (Å²) in [5, 5.41) is 2.86. The molecule has 0 aliphatic rings. The van der Waals surface area contributed by atoms with Crippen molar-refractivity contribution in [3.05, 3.63) is 46.9 Å². The Balaban J connectivity index is 2.33. The number of carbonyl (C=O) groups is 2. The van der Waals surface area contributed by atoms with Gasteiger partial charge in [-0.2, -0.15) is 0 Å². The third-order valence-corrected chi connectivity index (χ3v) is 4.00. The first-order chi connectivity index (χ1) is 12.4. The first-order valence-corrected chi connectivity index (χ1v) is 8.06. The molecule has 1 N–H and O–H groups in total. The van der Waals surface area contributed by atoms with Gasteiger partial charge in [0.05, 0.1) is 39.4 Å². The molecule has 1 atom stereocenters. The van der Waals surface area contributed by atoms with Crippen LogP contribution in [0.3, 0.4) is 0 Å². The Labute approximate surface area is 152 Å². The van der Waals surface area contributed by atoms with E-state index in [2.05, 4.69) is 5.32 Å². The molecule has 1 heterocycles. The average molecular weight is 361 g/mol. The lowest BCUT2D eigenvalue weighted by Gasteiger charge is -2.19. The zero-order chi connectivity index (χ0) is 19.3. The number of nitrogens with one attached hydrogen (secondary N) is 1. The van der Waals surface area contributed by atoms with Crippen molar-refractivity contribution >= 4 is 11.9 Å². The lowest BCUT2D eigenvalue weighted by molar-refractivity contribution is -0.141. The number of amides is 1. The molecule has 0 bridgehead atoms. The van der Waals surface area contributed by atoms with Crippen LogP contribution in [0.1, 0.15) is 39.9 Å². The van der Waals surface area contributed by atoms with E-state index < -0.39 is 12.0 Å². The molecule has 0 aliphatic heterocycles. The molecule has 0 spiro atoms. The second kappa shape index (κ2) is 8.42. The first kappa shape index (κ1) is 19.4. The van der Waals surface area contributed by atoms with Gasteiger partial charge >= 0.3 is 5.97 Å². The summed E-state index contributed by atoms with van der Waals surface area (Å²) in [7, 11) is 4.36. The van der Waals surface area contributed by atoms with Crippen LogP contribution in [0.25, 0.3) is 0 Å². The summed E-state index contributed by atoms with van der Waals surface area (Å²) < 4.78 is 20.7. The van der Waals surface area contributed by atoms with E-state index in [1.54, 1.807) is 38.1 Å². The fourth-order valence-electron chi connectivity index (χ4n) is 2.66. The van der Waals surface area contributed by atoms with Crippen LogP contribution >= 0.6 is 0 Å². The number of methoxy groups -OCH3 is 3. The van der Waals surface area contributed by atoms with Crippen LogP contribution in [-0.4, -0.2) is 33.2 Å². The van der Waals surface area contributed by atoms with Crippen molar-refractivity contribution in [1.29, 1.82) is 0 Å². The molecule has 2 aromatic rings. The Kier molecular flexibility index (Phi) is 6.27. The van der Waals surface area contributed by atoms with E-state index in [0.29, 0.717) is 34.1 Å². The minimum absolute atomic E-state index is 0.0202. The molecule has 0 radical (unpaired) electrons. The molecule has 1 amide bonds. The monoisotopic (exact) mass is 361 g/mol. The van der Waals surface area contributed by atoms with Crippen LogP contribution in [0.4, 0.5) is 0 Å². The van der Waals surface area contributed by atoms with Crippen molar-refractivity contribution in [2.75, 3.05) is 21.3 Å². The van der Waals surface area contributed by atoms with Gasteiger partial charge in [-0.15, -0.1) is 0 Å². The molecule has 0 saturated carbocycles. The molecule has 1 unspecified atom stereocenters. The van der Waals surface area contributed by atoms with Gasteiger partial charge in [-0.3, -0.25) is 9.59 Å². The Bertz CT molecular complexity index is 795. The predicted octanol–water partition coefficient (Wildman–Crippen LogP) is 2.95. The first-order valence-electron chi connectivity index (χ1n) is 8.06. The minimum atomic E-state index is -0.593. The average Bonchev–Trinajstić information content (AvgIpc) is 2.98. The van der Waals surface area contributed by atoms with Crippen LogP contribution in [0.5, 0.6) is 11.5 Å². The van der Waals surface area contributed by atoms with Crippen LogP contribution in [-0.2, 0) is 9.53 Å². The van der Waals surface area contributed by atoms with Gasteiger partial charge in [0.25, 0.3) is 5.91 Å². The van der Waals surface area contributed by atoms with E-state index in [9.17, 15) is 9.59 Å². The third-order valence-electron chi connectivity index (χ3n) is 4.00. The Hall–Kier alpha value is -2.96. The highest BCUT2D eigenvalue weighted by Crippen LogP contribution is 2.31. The second-order valence-electron chi connectivity index (χ2n) is 5.75. The number of hydrogen-bond donors (Lipinski definition) is 1. The molecule has 0 saturated heterocycles. The molecule has 7 heteroatoms. The van der Waals surface area contributed by atoms with Gasteiger partial charge < -0.3 is 23.9 Å². The lowest BCUT2D eigenvalue weighted by atomic mass is 10.0. The smallest absolute Gasteiger partial charge is 0.307 e. The number of hydrogen-bond acceptors (Lipinski definition) is 6. The second-order valence-corrected chi connectivity index (χ2v) is 5.75. The summed E-state index contributed by atoms with van der Waals surface area (Å²) in [6.45, 7) is 3.48. The number of carbonyl (C=O) groups excluding carboxylic acids is 2. The summed E-state index contributed by atoms with van der Waals surface area (Å²) in [5.74, 6) is 1.45. The SMILES string of the molecule is COC(=O)CC(NC(=O)c1cc(C)oc1C)c1ccc(OC)c(OC)c1. The molecule has 2 rings (SSSR count). The van der Waals surface area contributed by atoms with Crippen LogP contribution in [0.2, 0.25) is 0 Å². The van der Waals surface area contributed by atoms with Gasteiger partial charge in [0.15, 0.2) is 11.5 Å². The maximum Gasteiger partial charge on any atom is 0.307 e. The van der Waals surface area contributed by atoms with Crippen molar-refractivity contribution in [1.82, 2.24) is 5.32 Å². The van der Waals surface area contributed by atoms with E-state index >= 15 is 0 Å². The Morgan fingerprint density at radius 2 is 1.77 bits per heavy atom. The van der Waals surface area contributed by atoms with Crippen LogP contribution < -0.4 is 14.8 Å². The lowest BCUT2D eigenvalue weighted by Crippen LogP contribution is -2.30. The zero-order valence-corrected chi connectivity index (χ0v) is 15.5. The maximum absolute atomic E-state index is 12.6. The molecular weight excluding hydrogens is 338 g/mol. The number of benzene rings is 1.